The van der Waals surface area contributed by atoms with Crippen molar-refractivity contribution in [2.45, 2.75) is 95.7 Å². The molecule has 5 rings (SSSR count). The van der Waals surface area contributed by atoms with Gasteiger partial charge in [-0.3, -0.25) is 9.89 Å². The molecule has 0 aromatic rings. The minimum Gasteiger partial charge on any atom is -0.349 e. The summed E-state index contributed by atoms with van der Waals surface area (Å²) < 4.78 is 7.17. The molecule has 152 valence electrons. The van der Waals surface area contributed by atoms with Crippen molar-refractivity contribution in [3.8, 4) is 0 Å². The summed E-state index contributed by atoms with van der Waals surface area (Å²) in [4.78, 5) is 7.87. The number of fused-ring (bicyclic) bond motifs is 5. The number of likely N-dealkylation sites (tertiary alicyclic amines) is 1. The Kier molecular flexibility index (Phi) is 4.31. The van der Waals surface area contributed by atoms with Gasteiger partial charge in [-0.15, -0.1) is 0 Å². The number of rotatable bonds is 0. The number of hydrogen-bond acceptors (Lipinski definition) is 4. The van der Waals surface area contributed by atoms with Crippen molar-refractivity contribution in [3.05, 3.63) is 0 Å². The van der Waals surface area contributed by atoms with Gasteiger partial charge >= 0.3 is 0 Å². The van der Waals surface area contributed by atoms with Crippen molar-refractivity contribution in [2.75, 3.05) is 13.6 Å². The van der Waals surface area contributed by atoms with E-state index in [1.807, 2.05) is 0 Å². The first-order valence-electron chi connectivity index (χ1n) is 11.6. The Labute approximate surface area is 165 Å². The minimum absolute atomic E-state index is 0.154. The van der Waals surface area contributed by atoms with Gasteiger partial charge in [0.25, 0.3) is 0 Å². The SMILES string of the molecule is CC1CCC(C)C2C1C(C)(C)N(C)C21C=NC2C(CCC3NCCCC32)O1. The Hall–Kier alpha value is -0.450. The second-order valence-electron chi connectivity index (χ2n) is 10.9. The monoisotopic (exact) mass is 373 g/mol. The first-order chi connectivity index (χ1) is 12.9. The summed E-state index contributed by atoms with van der Waals surface area (Å²) in [6.45, 7) is 11.0. The van der Waals surface area contributed by atoms with Crippen LogP contribution in [0.3, 0.4) is 0 Å². The predicted molar refractivity (Wildman–Crippen MR) is 110 cm³/mol. The largest absolute Gasteiger partial charge is 0.349 e. The van der Waals surface area contributed by atoms with Crippen LogP contribution in [0.15, 0.2) is 4.99 Å². The molecule has 3 heterocycles. The maximum atomic E-state index is 7.17. The van der Waals surface area contributed by atoms with Crippen LogP contribution < -0.4 is 5.32 Å². The third kappa shape index (κ3) is 2.48. The molecule has 4 fully saturated rings. The molecule has 0 aromatic carbocycles. The number of nitrogens with one attached hydrogen (secondary N) is 1. The maximum absolute atomic E-state index is 7.17. The lowest BCUT2D eigenvalue weighted by molar-refractivity contribution is -0.184. The molecule has 2 aliphatic carbocycles. The number of ether oxygens (including phenoxy) is 1. The van der Waals surface area contributed by atoms with Crippen molar-refractivity contribution < 1.29 is 4.74 Å². The van der Waals surface area contributed by atoms with Crippen LogP contribution >= 0.6 is 0 Å². The molecule has 3 aliphatic heterocycles. The van der Waals surface area contributed by atoms with E-state index in [0.717, 1.165) is 12.3 Å². The summed E-state index contributed by atoms with van der Waals surface area (Å²) in [5.74, 6) is 3.38. The van der Waals surface area contributed by atoms with E-state index in [2.05, 4.69) is 51.2 Å². The van der Waals surface area contributed by atoms with Crippen LogP contribution in [0.5, 0.6) is 0 Å². The van der Waals surface area contributed by atoms with Crippen LogP contribution in [0.4, 0.5) is 0 Å². The lowest BCUT2D eigenvalue weighted by atomic mass is 9.61. The molecule has 4 heteroatoms. The van der Waals surface area contributed by atoms with Crippen LogP contribution in [0.25, 0.3) is 0 Å². The molecule has 0 bridgehead atoms. The molecule has 5 aliphatic rings. The van der Waals surface area contributed by atoms with Crippen molar-refractivity contribution in [1.29, 1.82) is 0 Å². The van der Waals surface area contributed by atoms with Gasteiger partial charge in [0.2, 0.25) is 0 Å². The summed E-state index contributed by atoms with van der Waals surface area (Å²) in [6, 6.07) is 1.03. The molecule has 4 nitrogen and oxygen atoms in total. The average molecular weight is 374 g/mol. The van der Waals surface area contributed by atoms with Gasteiger partial charge in [-0.25, -0.2) is 0 Å². The van der Waals surface area contributed by atoms with E-state index in [4.69, 9.17) is 9.73 Å². The fraction of sp³-hybridized carbons (Fsp3) is 0.957. The highest BCUT2D eigenvalue weighted by atomic mass is 16.5. The molecular formula is C23H39N3O. The van der Waals surface area contributed by atoms with Gasteiger partial charge in [0.1, 0.15) is 0 Å². The van der Waals surface area contributed by atoms with Crippen molar-refractivity contribution in [2.24, 2.45) is 34.6 Å². The zero-order chi connectivity index (χ0) is 19.0. The standard InChI is InChI=1S/C23H39N3O/c1-14-8-9-15(2)20-19(14)22(3,4)26(5)23(20)13-25-21-16-7-6-12-24-17(16)10-11-18(21)27-23/h13-21,24H,6-12H2,1-5H3. The van der Waals surface area contributed by atoms with Crippen LogP contribution in [0, 0.1) is 29.6 Å². The highest BCUT2D eigenvalue weighted by molar-refractivity contribution is 5.71. The average Bonchev–Trinajstić information content (AvgIpc) is 2.84. The molecule has 0 aromatic heterocycles. The number of nitrogens with zero attached hydrogens (tertiary/aromatic N) is 2. The zero-order valence-electron chi connectivity index (χ0n) is 17.9. The highest BCUT2D eigenvalue weighted by Crippen LogP contribution is 2.59. The molecule has 2 saturated heterocycles. The second kappa shape index (κ2) is 6.27. The number of piperidine rings is 1. The topological polar surface area (TPSA) is 36.9 Å². The second-order valence-corrected chi connectivity index (χ2v) is 10.9. The van der Waals surface area contributed by atoms with E-state index in [-0.39, 0.29) is 11.3 Å². The normalized spacial score (nSPS) is 54.4. The Balaban J connectivity index is 1.52. The minimum atomic E-state index is -0.293. The van der Waals surface area contributed by atoms with E-state index in [1.54, 1.807) is 0 Å². The lowest BCUT2D eigenvalue weighted by Crippen LogP contribution is -2.63. The number of hydrogen-bond donors (Lipinski definition) is 1. The van der Waals surface area contributed by atoms with Crippen molar-refractivity contribution in [3.63, 3.8) is 0 Å². The van der Waals surface area contributed by atoms with E-state index in [1.165, 1.54) is 38.6 Å². The highest BCUT2D eigenvalue weighted by Gasteiger charge is 2.66. The number of aliphatic imine (C=N–C) groups is 1. The Bertz CT molecular complexity index is 619. The van der Waals surface area contributed by atoms with Gasteiger partial charge < -0.3 is 10.1 Å². The molecule has 2 saturated carbocycles. The Morgan fingerprint density at radius 2 is 1.78 bits per heavy atom. The van der Waals surface area contributed by atoms with Crippen molar-refractivity contribution in [1.82, 2.24) is 10.2 Å². The van der Waals surface area contributed by atoms with Gasteiger partial charge in [0, 0.05) is 23.7 Å². The Morgan fingerprint density at radius 3 is 2.56 bits per heavy atom. The quantitative estimate of drug-likeness (QED) is 0.703. The molecule has 9 unspecified atom stereocenters. The van der Waals surface area contributed by atoms with Gasteiger partial charge in [-0.05, 0) is 83.2 Å². The molecule has 0 radical (unpaired) electrons. The summed E-state index contributed by atoms with van der Waals surface area (Å²) in [7, 11) is 2.30. The van der Waals surface area contributed by atoms with Gasteiger partial charge in [-0.1, -0.05) is 20.3 Å². The lowest BCUT2D eigenvalue weighted by Gasteiger charge is -2.53. The third-order valence-corrected chi connectivity index (χ3v) is 9.36. The van der Waals surface area contributed by atoms with E-state index in [9.17, 15) is 0 Å². The zero-order valence-corrected chi connectivity index (χ0v) is 17.9. The first kappa shape index (κ1) is 18.6. The summed E-state index contributed by atoms with van der Waals surface area (Å²) in [6.07, 6.45) is 10.3. The fourth-order valence-electron chi connectivity index (χ4n) is 7.92. The van der Waals surface area contributed by atoms with Gasteiger partial charge in [-0.2, -0.15) is 0 Å². The molecule has 27 heavy (non-hydrogen) atoms. The molecular weight excluding hydrogens is 334 g/mol. The van der Waals surface area contributed by atoms with Crippen LogP contribution in [-0.4, -0.2) is 54.2 Å². The first-order valence-corrected chi connectivity index (χ1v) is 11.6. The fourth-order valence-corrected chi connectivity index (χ4v) is 7.92. The summed E-state index contributed by atoms with van der Waals surface area (Å²) in [5, 5.41) is 3.76. The molecule has 0 amide bonds. The molecule has 1 N–H and O–H groups in total. The maximum Gasteiger partial charge on any atom is 0.161 e. The van der Waals surface area contributed by atoms with Gasteiger partial charge in [0.05, 0.1) is 12.1 Å². The summed E-state index contributed by atoms with van der Waals surface area (Å²) in [5.41, 5.74) is -0.139. The van der Waals surface area contributed by atoms with Gasteiger partial charge in [0.15, 0.2) is 5.72 Å². The Morgan fingerprint density at radius 1 is 1.04 bits per heavy atom. The smallest absolute Gasteiger partial charge is 0.161 e. The summed E-state index contributed by atoms with van der Waals surface area (Å²) >= 11 is 0. The molecule has 9 atom stereocenters. The predicted octanol–water partition coefficient (Wildman–Crippen LogP) is 3.71. The van der Waals surface area contributed by atoms with Crippen LogP contribution in [0.2, 0.25) is 0 Å². The van der Waals surface area contributed by atoms with Crippen molar-refractivity contribution >= 4 is 6.21 Å². The molecule has 1 spiro atoms. The van der Waals surface area contributed by atoms with E-state index >= 15 is 0 Å². The van der Waals surface area contributed by atoms with Crippen LogP contribution in [0.1, 0.15) is 66.2 Å². The van der Waals surface area contributed by atoms with Crippen LogP contribution in [-0.2, 0) is 4.74 Å². The third-order valence-electron chi connectivity index (χ3n) is 9.36. The van der Waals surface area contributed by atoms with E-state index in [0.29, 0.717) is 41.9 Å². The van der Waals surface area contributed by atoms with E-state index < -0.39 is 0 Å².